The lowest BCUT2D eigenvalue weighted by Gasteiger charge is -2.46. The monoisotopic (exact) mass is 364 g/mol. The molecule has 120 valence electrons. The Labute approximate surface area is 141 Å². The molecule has 2 unspecified atom stereocenters. The van der Waals surface area contributed by atoms with E-state index in [1.807, 2.05) is 6.08 Å². The quantitative estimate of drug-likeness (QED) is 0.505. The molecule has 3 aliphatic rings. The average Bonchev–Trinajstić information content (AvgIpc) is 2.46. The van der Waals surface area contributed by atoms with Crippen LogP contribution in [0.1, 0.15) is 39.5 Å². The normalized spacial score (nSPS) is 34.4. The fourth-order valence-electron chi connectivity index (χ4n) is 4.61. The van der Waals surface area contributed by atoms with Crippen molar-refractivity contribution in [2.24, 2.45) is 23.7 Å². The van der Waals surface area contributed by atoms with Gasteiger partial charge in [0.15, 0.2) is 0 Å². The molecule has 0 aromatic carbocycles. The second-order valence-corrected chi connectivity index (χ2v) is 7.74. The van der Waals surface area contributed by atoms with E-state index in [1.165, 1.54) is 23.1 Å². The molecule has 0 aromatic rings. The molecule has 0 saturated heterocycles. The Morgan fingerprint density at radius 3 is 2.73 bits per heavy atom. The van der Waals surface area contributed by atoms with E-state index in [-0.39, 0.29) is 17.6 Å². The van der Waals surface area contributed by atoms with Gasteiger partial charge in [-0.3, -0.25) is 0 Å². The molecule has 0 bridgehead atoms. The summed E-state index contributed by atoms with van der Waals surface area (Å²) in [5.41, 5.74) is 4.36. The van der Waals surface area contributed by atoms with Crippen molar-refractivity contribution in [3.63, 3.8) is 0 Å². The first-order valence-electron chi connectivity index (χ1n) is 8.27. The van der Waals surface area contributed by atoms with Gasteiger partial charge in [-0.1, -0.05) is 38.7 Å². The lowest BCUT2D eigenvalue weighted by atomic mass is 9.58. The molecule has 4 atom stereocenters. The van der Waals surface area contributed by atoms with Gasteiger partial charge in [0, 0.05) is 23.2 Å². The summed E-state index contributed by atoms with van der Waals surface area (Å²) >= 11 is 3.53. The van der Waals surface area contributed by atoms with Crippen molar-refractivity contribution in [3.8, 4) is 0 Å². The summed E-state index contributed by atoms with van der Waals surface area (Å²) in [5.74, 6) is 1.72. The van der Waals surface area contributed by atoms with E-state index in [0.717, 1.165) is 24.6 Å². The average molecular weight is 365 g/mol. The molecule has 0 fully saturated rings. The van der Waals surface area contributed by atoms with Gasteiger partial charge in [-0.2, -0.15) is 0 Å². The number of rotatable bonds is 3. The third-order valence-electron chi connectivity index (χ3n) is 5.63. The zero-order valence-electron chi connectivity index (χ0n) is 13.3. The van der Waals surface area contributed by atoms with E-state index in [1.54, 1.807) is 6.08 Å². The minimum absolute atomic E-state index is 0.102. The molecule has 22 heavy (non-hydrogen) atoms. The van der Waals surface area contributed by atoms with E-state index >= 15 is 0 Å². The Hall–Kier alpha value is -0.960. The van der Waals surface area contributed by atoms with Crippen LogP contribution in [0.3, 0.4) is 0 Å². The number of hydrogen-bond acceptors (Lipinski definition) is 2. The summed E-state index contributed by atoms with van der Waals surface area (Å²) in [4.78, 5) is 0. The molecule has 0 amide bonds. The number of halogens is 1. The number of alkyl halides is 1. The van der Waals surface area contributed by atoms with Gasteiger partial charge < -0.3 is 10.2 Å². The summed E-state index contributed by atoms with van der Waals surface area (Å²) < 4.78 is 0. The highest BCUT2D eigenvalue weighted by Crippen LogP contribution is 2.52. The molecule has 2 nitrogen and oxygen atoms in total. The van der Waals surface area contributed by atoms with E-state index in [4.69, 9.17) is 0 Å². The summed E-state index contributed by atoms with van der Waals surface area (Å²) in [6.45, 7) is 4.47. The second-order valence-electron chi connectivity index (χ2n) is 6.95. The van der Waals surface area contributed by atoms with Crippen LogP contribution in [0.15, 0.2) is 46.5 Å². The first kappa shape index (κ1) is 15.9. The molecule has 2 N–H and O–H groups in total. The van der Waals surface area contributed by atoms with Crippen LogP contribution in [-0.2, 0) is 0 Å². The molecule has 3 aliphatic carbocycles. The van der Waals surface area contributed by atoms with E-state index in [9.17, 15) is 10.2 Å². The molecule has 0 saturated carbocycles. The summed E-state index contributed by atoms with van der Waals surface area (Å²) in [6, 6.07) is 0. The van der Waals surface area contributed by atoms with Crippen molar-refractivity contribution >= 4 is 15.9 Å². The number of allylic oxidation sites excluding steroid dienone is 7. The van der Waals surface area contributed by atoms with Crippen molar-refractivity contribution in [2.45, 2.75) is 39.5 Å². The van der Waals surface area contributed by atoms with Gasteiger partial charge in [0.05, 0.1) is 0 Å². The number of hydrogen-bond donors (Lipinski definition) is 2. The highest BCUT2D eigenvalue weighted by molar-refractivity contribution is 9.09. The van der Waals surface area contributed by atoms with Gasteiger partial charge >= 0.3 is 0 Å². The predicted molar refractivity (Wildman–Crippen MR) is 94.1 cm³/mol. The Morgan fingerprint density at radius 1 is 1.23 bits per heavy atom. The standard InChI is InChI=1S/C19H25BrO2/c1-11-5-6-15-12(2)14(4-3-7-20)17-9-13(21)10-18(22)19(17)16(15)8-11/h8-10,15-17,19,21-22H,3-7H2,1-2H3/t15-,16+,17?,19?/m0/s1. The molecule has 0 aromatic heterocycles. The number of fused-ring (bicyclic) bond motifs is 3. The van der Waals surface area contributed by atoms with Gasteiger partial charge in [0.25, 0.3) is 0 Å². The van der Waals surface area contributed by atoms with Gasteiger partial charge in [0.1, 0.15) is 11.5 Å². The largest absolute Gasteiger partial charge is 0.512 e. The fraction of sp³-hybridized carbons (Fsp3) is 0.579. The van der Waals surface area contributed by atoms with Crippen molar-refractivity contribution in [1.29, 1.82) is 0 Å². The summed E-state index contributed by atoms with van der Waals surface area (Å²) in [5, 5.41) is 21.5. The first-order valence-corrected chi connectivity index (χ1v) is 9.39. The van der Waals surface area contributed by atoms with Crippen molar-refractivity contribution in [3.05, 3.63) is 46.5 Å². The van der Waals surface area contributed by atoms with E-state index in [2.05, 4.69) is 35.9 Å². The lowest BCUT2D eigenvalue weighted by Crippen LogP contribution is -2.39. The van der Waals surface area contributed by atoms with Crippen LogP contribution in [0.2, 0.25) is 0 Å². The molecular formula is C19H25BrO2. The van der Waals surface area contributed by atoms with Gasteiger partial charge in [-0.05, 0) is 57.4 Å². The van der Waals surface area contributed by atoms with Crippen molar-refractivity contribution in [2.75, 3.05) is 5.33 Å². The van der Waals surface area contributed by atoms with Crippen molar-refractivity contribution in [1.82, 2.24) is 0 Å². The van der Waals surface area contributed by atoms with Crippen LogP contribution in [0.4, 0.5) is 0 Å². The van der Waals surface area contributed by atoms with Crippen LogP contribution in [0, 0.1) is 23.7 Å². The van der Waals surface area contributed by atoms with Crippen LogP contribution in [0.5, 0.6) is 0 Å². The third kappa shape index (κ3) is 2.68. The number of aliphatic hydroxyl groups excluding tert-OH is 2. The molecular weight excluding hydrogens is 340 g/mol. The van der Waals surface area contributed by atoms with E-state index in [0.29, 0.717) is 17.6 Å². The van der Waals surface area contributed by atoms with Gasteiger partial charge in [-0.25, -0.2) is 0 Å². The third-order valence-corrected chi connectivity index (χ3v) is 6.19. The van der Waals surface area contributed by atoms with Crippen molar-refractivity contribution < 1.29 is 10.2 Å². The maximum atomic E-state index is 10.5. The first-order chi connectivity index (χ1) is 10.5. The molecule has 0 radical (unpaired) electrons. The topological polar surface area (TPSA) is 40.5 Å². The molecule has 0 spiro atoms. The zero-order chi connectivity index (χ0) is 15.9. The molecule has 0 aliphatic heterocycles. The maximum Gasteiger partial charge on any atom is 0.115 e. The Bertz CT molecular complexity index is 582. The van der Waals surface area contributed by atoms with Gasteiger partial charge in [-0.15, -0.1) is 0 Å². The Kier molecular flexibility index (Phi) is 4.54. The minimum Gasteiger partial charge on any atom is -0.512 e. The predicted octanol–water partition coefficient (Wildman–Crippen LogP) is 5.59. The summed E-state index contributed by atoms with van der Waals surface area (Å²) in [7, 11) is 0. The fourth-order valence-corrected chi connectivity index (χ4v) is 4.89. The van der Waals surface area contributed by atoms with Crippen LogP contribution in [-0.4, -0.2) is 15.5 Å². The highest BCUT2D eigenvalue weighted by Gasteiger charge is 2.45. The zero-order valence-corrected chi connectivity index (χ0v) is 14.9. The molecule has 3 rings (SSSR count). The van der Waals surface area contributed by atoms with Gasteiger partial charge in [0.2, 0.25) is 0 Å². The SMILES string of the molecule is CC1=C[C@H]2C3C(O)=CC(O)=CC3C(CCCBr)=C(C)[C@@H]2CC1. The maximum absolute atomic E-state index is 10.5. The van der Waals surface area contributed by atoms with Crippen LogP contribution < -0.4 is 0 Å². The second kappa shape index (κ2) is 6.27. The smallest absolute Gasteiger partial charge is 0.115 e. The minimum atomic E-state index is 0.102. The van der Waals surface area contributed by atoms with Crippen LogP contribution in [0.25, 0.3) is 0 Å². The lowest BCUT2D eigenvalue weighted by molar-refractivity contribution is 0.179. The molecule has 0 heterocycles. The number of aliphatic hydroxyl groups is 2. The molecule has 3 heteroatoms. The van der Waals surface area contributed by atoms with E-state index < -0.39 is 0 Å². The Balaban J connectivity index is 2.07. The highest BCUT2D eigenvalue weighted by atomic mass is 79.9. The Morgan fingerprint density at radius 2 is 2.00 bits per heavy atom. The summed E-state index contributed by atoms with van der Waals surface area (Å²) in [6.07, 6.45) is 10.3. The van der Waals surface area contributed by atoms with Crippen LogP contribution >= 0.6 is 15.9 Å².